The monoisotopic (exact) mass is 292 g/mol. The number of ether oxygens (including phenoxy) is 3. The molecule has 1 aliphatic carbocycles. The van der Waals surface area contributed by atoms with Crippen molar-refractivity contribution in [3.63, 3.8) is 0 Å². The van der Waals surface area contributed by atoms with Gasteiger partial charge in [0.25, 0.3) is 0 Å². The number of methoxy groups -OCH3 is 2. The molecule has 1 aromatic rings. The van der Waals surface area contributed by atoms with Gasteiger partial charge >= 0.3 is 5.97 Å². The van der Waals surface area contributed by atoms with Crippen LogP contribution < -0.4 is 9.47 Å². The van der Waals surface area contributed by atoms with E-state index in [1.54, 1.807) is 32.9 Å². The lowest BCUT2D eigenvalue weighted by molar-refractivity contribution is -0.157. The van der Waals surface area contributed by atoms with Crippen molar-refractivity contribution >= 4 is 11.8 Å². The average Bonchev–Trinajstić information content (AvgIpc) is 2.72. The Morgan fingerprint density at radius 3 is 2.24 bits per heavy atom. The molecular weight excluding hydrogens is 272 g/mol. The zero-order valence-electron chi connectivity index (χ0n) is 13.0. The summed E-state index contributed by atoms with van der Waals surface area (Å²) in [5.74, 6) is -0.457. The molecule has 0 fully saturated rings. The summed E-state index contributed by atoms with van der Waals surface area (Å²) in [6.07, 6.45) is 0.337. The minimum atomic E-state index is -0.781. The number of carbonyl (C=O) groups is 2. The minimum Gasteiger partial charge on any atom is -0.493 e. The van der Waals surface area contributed by atoms with Gasteiger partial charge in [-0.15, -0.1) is 0 Å². The Balaban J connectivity index is 2.30. The maximum Gasteiger partial charge on any atom is 0.317 e. The highest BCUT2D eigenvalue weighted by atomic mass is 16.6. The summed E-state index contributed by atoms with van der Waals surface area (Å²) in [6, 6.07) is 3.37. The van der Waals surface area contributed by atoms with Crippen LogP contribution in [0.3, 0.4) is 0 Å². The van der Waals surface area contributed by atoms with Crippen LogP contribution in [0.15, 0.2) is 12.1 Å². The molecule has 1 aromatic carbocycles. The molecule has 1 atom stereocenters. The Morgan fingerprint density at radius 1 is 1.14 bits per heavy atom. The van der Waals surface area contributed by atoms with E-state index in [0.29, 0.717) is 23.5 Å². The van der Waals surface area contributed by atoms with Crippen LogP contribution in [0.4, 0.5) is 0 Å². The van der Waals surface area contributed by atoms with Gasteiger partial charge in [0.2, 0.25) is 0 Å². The Kier molecular flexibility index (Phi) is 3.94. The first-order valence-electron chi connectivity index (χ1n) is 6.79. The Morgan fingerprint density at radius 2 is 1.71 bits per heavy atom. The van der Waals surface area contributed by atoms with Gasteiger partial charge in [0.1, 0.15) is 11.5 Å². The molecule has 0 spiro atoms. The fourth-order valence-corrected chi connectivity index (χ4v) is 2.38. The smallest absolute Gasteiger partial charge is 0.317 e. The first-order chi connectivity index (χ1) is 9.76. The normalized spacial score (nSPS) is 17.4. The van der Waals surface area contributed by atoms with E-state index in [-0.39, 0.29) is 5.78 Å². The second-order valence-electron chi connectivity index (χ2n) is 6.02. The van der Waals surface area contributed by atoms with Crippen molar-refractivity contribution < 1.29 is 23.8 Å². The third-order valence-corrected chi connectivity index (χ3v) is 3.31. The first-order valence-corrected chi connectivity index (χ1v) is 6.79. The molecular formula is C16H20O5. The number of esters is 1. The van der Waals surface area contributed by atoms with Crippen molar-refractivity contribution in [2.75, 3.05) is 14.2 Å². The molecule has 1 aliphatic rings. The van der Waals surface area contributed by atoms with Crippen molar-refractivity contribution in [1.82, 2.24) is 0 Å². The Bertz CT molecular complexity index is 583. The second kappa shape index (κ2) is 5.39. The summed E-state index contributed by atoms with van der Waals surface area (Å²) in [7, 11) is 3.04. The van der Waals surface area contributed by atoms with E-state index in [9.17, 15) is 9.59 Å². The Labute approximate surface area is 124 Å². The standard InChI is InChI=1S/C16H20O5/c1-16(2,3)21-15(18)11-6-9-7-12(19-4)13(20-5)8-10(9)14(11)17/h7-8,11H,6H2,1-5H3. The molecule has 0 heterocycles. The van der Waals surface area contributed by atoms with E-state index in [1.807, 2.05) is 0 Å². The molecule has 0 bridgehead atoms. The van der Waals surface area contributed by atoms with Gasteiger partial charge in [-0.05, 0) is 44.9 Å². The van der Waals surface area contributed by atoms with Crippen molar-refractivity contribution in [2.24, 2.45) is 5.92 Å². The number of ketones is 1. The lowest BCUT2D eigenvalue weighted by atomic mass is 10.1. The summed E-state index contributed by atoms with van der Waals surface area (Å²) in [6.45, 7) is 5.34. The molecule has 5 nitrogen and oxygen atoms in total. The van der Waals surface area contributed by atoms with Crippen LogP contribution in [0.5, 0.6) is 11.5 Å². The van der Waals surface area contributed by atoms with E-state index < -0.39 is 17.5 Å². The van der Waals surface area contributed by atoms with Crippen LogP contribution in [-0.2, 0) is 16.0 Å². The molecule has 0 radical (unpaired) electrons. The first kappa shape index (κ1) is 15.4. The van der Waals surface area contributed by atoms with Gasteiger partial charge in [0.05, 0.1) is 14.2 Å². The molecule has 2 rings (SSSR count). The summed E-state index contributed by atoms with van der Waals surface area (Å²) in [4.78, 5) is 24.5. The highest BCUT2D eigenvalue weighted by Crippen LogP contribution is 2.37. The predicted molar refractivity (Wildman–Crippen MR) is 76.9 cm³/mol. The summed E-state index contributed by atoms with van der Waals surface area (Å²) in [5.41, 5.74) is 0.679. The van der Waals surface area contributed by atoms with Gasteiger partial charge in [-0.2, -0.15) is 0 Å². The minimum absolute atomic E-state index is 0.222. The molecule has 0 aliphatic heterocycles. The lowest BCUT2D eigenvalue weighted by Crippen LogP contribution is -2.31. The van der Waals surface area contributed by atoms with Crippen LogP contribution in [0.2, 0.25) is 0 Å². The maximum absolute atomic E-state index is 12.4. The van der Waals surface area contributed by atoms with E-state index in [0.717, 1.165) is 5.56 Å². The lowest BCUT2D eigenvalue weighted by Gasteiger charge is -2.21. The van der Waals surface area contributed by atoms with Crippen molar-refractivity contribution in [3.05, 3.63) is 23.3 Å². The summed E-state index contributed by atoms with van der Waals surface area (Å²) >= 11 is 0. The van der Waals surface area contributed by atoms with E-state index in [4.69, 9.17) is 14.2 Å². The van der Waals surface area contributed by atoms with Crippen LogP contribution in [0.25, 0.3) is 0 Å². The van der Waals surface area contributed by atoms with Gasteiger partial charge < -0.3 is 14.2 Å². The van der Waals surface area contributed by atoms with Crippen LogP contribution in [-0.4, -0.2) is 31.6 Å². The summed E-state index contributed by atoms with van der Waals surface area (Å²) in [5, 5.41) is 0. The van der Waals surface area contributed by atoms with Gasteiger partial charge in [-0.3, -0.25) is 9.59 Å². The van der Waals surface area contributed by atoms with E-state index >= 15 is 0 Å². The molecule has 0 aromatic heterocycles. The highest BCUT2D eigenvalue weighted by Gasteiger charge is 2.39. The maximum atomic E-state index is 12.4. The molecule has 114 valence electrons. The average molecular weight is 292 g/mol. The van der Waals surface area contributed by atoms with Crippen LogP contribution in [0.1, 0.15) is 36.7 Å². The fraction of sp³-hybridized carbons (Fsp3) is 0.500. The van der Waals surface area contributed by atoms with Crippen molar-refractivity contribution in [3.8, 4) is 11.5 Å². The van der Waals surface area contributed by atoms with Gasteiger partial charge in [0.15, 0.2) is 17.3 Å². The number of hydrogen-bond donors (Lipinski definition) is 0. The molecule has 0 N–H and O–H groups in total. The highest BCUT2D eigenvalue weighted by molar-refractivity contribution is 6.12. The molecule has 1 unspecified atom stereocenters. The largest absolute Gasteiger partial charge is 0.493 e. The van der Waals surface area contributed by atoms with Gasteiger partial charge in [-0.25, -0.2) is 0 Å². The molecule has 21 heavy (non-hydrogen) atoms. The molecule has 5 heteroatoms. The third kappa shape index (κ3) is 3.01. The fourth-order valence-electron chi connectivity index (χ4n) is 2.38. The molecule has 0 amide bonds. The number of Topliss-reactive ketones (excluding diaryl/α,β-unsaturated/α-hetero) is 1. The van der Waals surface area contributed by atoms with Crippen molar-refractivity contribution in [1.29, 1.82) is 0 Å². The van der Waals surface area contributed by atoms with Crippen LogP contribution in [0, 0.1) is 5.92 Å². The molecule has 0 saturated heterocycles. The predicted octanol–water partition coefficient (Wildman–Crippen LogP) is 2.40. The number of hydrogen-bond acceptors (Lipinski definition) is 5. The quantitative estimate of drug-likeness (QED) is 0.632. The van der Waals surface area contributed by atoms with Gasteiger partial charge in [-0.1, -0.05) is 0 Å². The topological polar surface area (TPSA) is 61.8 Å². The number of fused-ring (bicyclic) bond motifs is 1. The zero-order chi connectivity index (χ0) is 15.8. The number of carbonyl (C=O) groups excluding carboxylic acids is 2. The number of rotatable bonds is 3. The zero-order valence-corrected chi connectivity index (χ0v) is 13.0. The van der Waals surface area contributed by atoms with E-state index in [2.05, 4.69) is 0 Å². The van der Waals surface area contributed by atoms with Crippen LogP contribution >= 0.6 is 0 Å². The number of benzene rings is 1. The Hall–Kier alpha value is -2.04. The SMILES string of the molecule is COc1cc2c(cc1OC)C(=O)C(C(=O)OC(C)(C)C)C2. The van der Waals surface area contributed by atoms with Gasteiger partial charge in [0, 0.05) is 5.56 Å². The summed E-state index contributed by atoms with van der Waals surface area (Å²) < 4.78 is 15.7. The van der Waals surface area contributed by atoms with Crippen molar-refractivity contribution in [2.45, 2.75) is 32.8 Å². The second-order valence-corrected chi connectivity index (χ2v) is 6.02. The third-order valence-electron chi connectivity index (χ3n) is 3.31. The molecule has 0 saturated carbocycles. The van der Waals surface area contributed by atoms with E-state index in [1.165, 1.54) is 14.2 Å².